The average molecular weight is 279 g/mol. The summed E-state index contributed by atoms with van der Waals surface area (Å²) in [7, 11) is 0. The number of hydrogen-bond donors (Lipinski definition) is 2. The molecule has 0 aromatic heterocycles. The smallest absolute Gasteiger partial charge is 0.326 e. The maximum atomic E-state index is 12.1. The SMILES string of the molecule is CC(=O)Oc1ccccc1C(=O)NC(C(=O)O)C(C)C. The van der Waals surface area contributed by atoms with Crippen LogP contribution in [-0.2, 0) is 9.59 Å². The van der Waals surface area contributed by atoms with Crippen LogP contribution in [0.15, 0.2) is 24.3 Å². The molecule has 1 aromatic rings. The molecule has 6 nitrogen and oxygen atoms in total. The Morgan fingerprint density at radius 3 is 2.30 bits per heavy atom. The predicted octanol–water partition coefficient (Wildman–Crippen LogP) is 1.45. The quantitative estimate of drug-likeness (QED) is 0.628. The topological polar surface area (TPSA) is 92.7 Å². The van der Waals surface area contributed by atoms with Gasteiger partial charge in [-0.1, -0.05) is 26.0 Å². The van der Waals surface area contributed by atoms with E-state index in [2.05, 4.69) is 5.32 Å². The van der Waals surface area contributed by atoms with Crippen molar-refractivity contribution >= 4 is 17.8 Å². The van der Waals surface area contributed by atoms with E-state index in [0.29, 0.717) is 0 Å². The van der Waals surface area contributed by atoms with E-state index in [1.807, 2.05) is 0 Å². The van der Waals surface area contributed by atoms with Crippen LogP contribution < -0.4 is 10.1 Å². The van der Waals surface area contributed by atoms with E-state index in [9.17, 15) is 14.4 Å². The normalized spacial score (nSPS) is 11.8. The van der Waals surface area contributed by atoms with Crippen molar-refractivity contribution in [2.45, 2.75) is 26.8 Å². The molecule has 6 heteroatoms. The van der Waals surface area contributed by atoms with Crippen LogP contribution in [0.5, 0.6) is 5.75 Å². The Balaban J connectivity index is 2.97. The highest BCUT2D eigenvalue weighted by Gasteiger charge is 2.25. The fourth-order valence-electron chi connectivity index (χ4n) is 1.63. The second-order valence-corrected chi connectivity index (χ2v) is 4.62. The third-order valence-corrected chi connectivity index (χ3v) is 2.60. The van der Waals surface area contributed by atoms with Crippen molar-refractivity contribution in [1.82, 2.24) is 5.32 Å². The Morgan fingerprint density at radius 1 is 1.20 bits per heavy atom. The van der Waals surface area contributed by atoms with Gasteiger partial charge in [0.25, 0.3) is 5.91 Å². The van der Waals surface area contributed by atoms with Crippen LogP contribution in [-0.4, -0.2) is 29.0 Å². The largest absolute Gasteiger partial charge is 0.480 e. The van der Waals surface area contributed by atoms with Crippen molar-refractivity contribution in [2.24, 2.45) is 5.92 Å². The minimum absolute atomic E-state index is 0.102. The number of para-hydroxylation sites is 1. The highest BCUT2D eigenvalue weighted by Crippen LogP contribution is 2.18. The number of hydrogen-bond acceptors (Lipinski definition) is 4. The summed E-state index contributed by atoms with van der Waals surface area (Å²) in [6, 6.07) is 5.15. The van der Waals surface area contributed by atoms with Crippen molar-refractivity contribution < 1.29 is 24.2 Å². The Hall–Kier alpha value is -2.37. The molecular weight excluding hydrogens is 262 g/mol. The molecule has 0 aliphatic carbocycles. The first-order valence-corrected chi connectivity index (χ1v) is 6.14. The maximum Gasteiger partial charge on any atom is 0.326 e. The third-order valence-electron chi connectivity index (χ3n) is 2.60. The number of rotatable bonds is 5. The van der Waals surface area contributed by atoms with Gasteiger partial charge in [-0.3, -0.25) is 9.59 Å². The molecule has 1 unspecified atom stereocenters. The lowest BCUT2D eigenvalue weighted by Crippen LogP contribution is -2.44. The number of nitrogens with one attached hydrogen (secondary N) is 1. The Labute approximate surface area is 116 Å². The van der Waals surface area contributed by atoms with Gasteiger partial charge in [0.1, 0.15) is 11.8 Å². The van der Waals surface area contributed by atoms with Crippen LogP contribution in [0.1, 0.15) is 31.1 Å². The van der Waals surface area contributed by atoms with Crippen LogP contribution in [0.3, 0.4) is 0 Å². The van der Waals surface area contributed by atoms with Gasteiger partial charge in [-0.15, -0.1) is 0 Å². The Morgan fingerprint density at radius 2 is 1.80 bits per heavy atom. The lowest BCUT2D eigenvalue weighted by molar-refractivity contribution is -0.140. The van der Waals surface area contributed by atoms with Crippen LogP contribution in [0, 0.1) is 5.92 Å². The van der Waals surface area contributed by atoms with Crippen molar-refractivity contribution in [2.75, 3.05) is 0 Å². The van der Waals surface area contributed by atoms with Gasteiger partial charge in [-0.25, -0.2) is 4.79 Å². The van der Waals surface area contributed by atoms with Gasteiger partial charge in [0.15, 0.2) is 0 Å². The van der Waals surface area contributed by atoms with Crippen molar-refractivity contribution in [1.29, 1.82) is 0 Å². The molecule has 0 radical (unpaired) electrons. The van der Waals surface area contributed by atoms with Crippen LogP contribution in [0.2, 0.25) is 0 Å². The highest BCUT2D eigenvalue weighted by molar-refractivity contribution is 5.99. The molecule has 20 heavy (non-hydrogen) atoms. The summed E-state index contributed by atoms with van der Waals surface area (Å²) < 4.78 is 4.92. The van der Waals surface area contributed by atoms with Gasteiger partial charge in [-0.05, 0) is 18.1 Å². The molecular formula is C14H17NO5. The van der Waals surface area contributed by atoms with E-state index in [1.165, 1.54) is 19.1 Å². The second-order valence-electron chi connectivity index (χ2n) is 4.62. The summed E-state index contributed by atoms with van der Waals surface area (Å²) in [6.07, 6.45) is 0. The molecule has 2 N–H and O–H groups in total. The predicted molar refractivity (Wildman–Crippen MR) is 71.5 cm³/mol. The molecule has 0 aliphatic rings. The van der Waals surface area contributed by atoms with E-state index < -0.39 is 23.9 Å². The zero-order chi connectivity index (χ0) is 15.3. The van der Waals surface area contributed by atoms with Crippen molar-refractivity contribution in [3.8, 4) is 5.75 Å². The Bertz CT molecular complexity index is 524. The highest BCUT2D eigenvalue weighted by atomic mass is 16.5. The molecule has 0 spiro atoms. The summed E-state index contributed by atoms with van der Waals surface area (Å²) in [4.78, 5) is 34.1. The first-order valence-electron chi connectivity index (χ1n) is 6.14. The number of amides is 1. The number of carboxylic acid groups (broad SMARTS) is 1. The van der Waals surface area contributed by atoms with E-state index >= 15 is 0 Å². The van der Waals surface area contributed by atoms with Crippen LogP contribution in [0.25, 0.3) is 0 Å². The minimum atomic E-state index is -1.11. The van der Waals surface area contributed by atoms with Gasteiger partial charge in [0.05, 0.1) is 5.56 Å². The van der Waals surface area contributed by atoms with Crippen molar-refractivity contribution in [3.05, 3.63) is 29.8 Å². The summed E-state index contributed by atoms with van der Waals surface area (Å²) in [5.74, 6) is -2.42. The molecule has 1 atom stereocenters. The monoisotopic (exact) mass is 279 g/mol. The molecule has 0 saturated heterocycles. The number of carbonyl (C=O) groups excluding carboxylic acids is 2. The zero-order valence-electron chi connectivity index (χ0n) is 11.5. The lowest BCUT2D eigenvalue weighted by Gasteiger charge is -2.18. The molecule has 0 aliphatic heterocycles. The van der Waals surface area contributed by atoms with Crippen LogP contribution in [0.4, 0.5) is 0 Å². The molecule has 0 saturated carbocycles. The lowest BCUT2D eigenvalue weighted by atomic mass is 10.0. The van der Waals surface area contributed by atoms with E-state index in [0.717, 1.165) is 0 Å². The number of aliphatic carboxylic acids is 1. The van der Waals surface area contributed by atoms with Gasteiger partial charge < -0.3 is 15.2 Å². The Kier molecular flexibility index (Phi) is 5.25. The molecule has 0 fully saturated rings. The standard InChI is InChI=1S/C14H17NO5/c1-8(2)12(14(18)19)15-13(17)10-6-4-5-7-11(10)20-9(3)16/h4-8,12H,1-3H3,(H,15,17)(H,18,19). The van der Waals surface area contributed by atoms with E-state index in [1.54, 1.807) is 26.0 Å². The summed E-state index contributed by atoms with van der Waals surface area (Å²) in [5, 5.41) is 11.5. The van der Waals surface area contributed by atoms with E-state index in [-0.39, 0.29) is 17.2 Å². The van der Waals surface area contributed by atoms with Crippen LogP contribution >= 0.6 is 0 Å². The third kappa shape index (κ3) is 4.08. The summed E-state index contributed by atoms with van der Waals surface area (Å²) >= 11 is 0. The average Bonchev–Trinajstić information content (AvgIpc) is 2.34. The molecule has 1 aromatic carbocycles. The number of ether oxygens (including phenoxy) is 1. The molecule has 1 rings (SSSR count). The second kappa shape index (κ2) is 6.70. The number of carboxylic acids is 1. The minimum Gasteiger partial charge on any atom is -0.480 e. The maximum absolute atomic E-state index is 12.1. The number of esters is 1. The first-order chi connectivity index (χ1) is 9.32. The summed E-state index contributed by atoms with van der Waals surface area (Å²) in [6.45, 7) is 4.61. The first kappa shape index (κ1) is 15.7. The van der Waals surface area contributed by atoms with Gasteiger partial charge in [-0.2, -0.15) is 0 Å². The van der Waals surface area contributed by atoms with E-state index in [4.69, 9.17) is 9.84 Å². The molecule has 108 valence electrons. The molecule has 0 bridgehead atoms. The number of carbonyl (C=O) groups is 3. The fraction of sp³-hybridized carbons (Fsp3) is 0.357. The fourth-order valence-corrected chi connectivity index (χ4v) is 1.63. The zero-order valence-corrected chi connectivity index (χ0v) is 11.5. The van der Waals surface area contributed by atoms with Gasteiger partial charge in [0, 0.05) is 6.92 Å². The van der Waals surface area contributed by atoms with Gasteiger partial charge in [0.2, 0.25) is 0 Å². The van der Waals surface area contributed by atoms with Crippen molar-refractivity contribution in [3.63, 3.8) is 0 Å². The molecule has 1 amide bonds. The van der Waals surface area contributed by atoms with Gasteiger partial charge >= 0.3 is 11.9 Å². The molecule has 0 heterocycles. The number of benzene rings is 1. The summed E-state index contributed by atoms with van der Waals surface area (Å²) in [5.41, 5.74) is 0.120.